The highest BCUT2D eigenvalue weighted by Crippen LogP contribution is 2.20. The fourth-order valence-electron chi connectivity index (χ4n) is 3.44. The van der Waals surface area contributed by atoms with E-state index in [0.717, 1.165) is 44.1 Å². The number of rotatable bonds is 8. The number of nitrogens with zero attached hydrogens (tertiary/aromatic N) is 4. The molecule has 0 bridgehead atoms. The van der Waals surface area contributed by atoms with Gasteiger partial charge in [-0.2, -0.15) is 4.98 Å². The van der Waals surface area contributed by atoms with Crippen molar-refractivity contribution in [2.75, 3.05) is 31.1 Å². The third-order valence-electron chi connectivity index (χ3n) is 4.99. The summed E-state index contributed by atoms with van der Waals surface area (Å²) in [4.78, 5) is 11.1. The summed E-state index contributed by atoms with van der Waals surface area (Å²) >= 11 is 0. The van der Waals surface area contributed by atoms with E-state index in [1.54, 1.807) is 12.1 Å². The molecule has 2 aromatic rings. The Labute approximate surface area is 176 Å². The Bertz CT molecular complexity index is 819. The summed E-state index contributed by atoms with van der Waals surface area (Å²) in [5.74, 6) is 1.51. The fourth-order valence-corrected chi connectivity index (χ4v) is 3.44. The van der Waals surface area contributed by atoms with Crippen LogP contribution in [0.25, 0.3) is 0 Å². The summed E-state index contributed by atoms with van der Waals surface area (Å²) in [7, 11) is 0. The highest BCUT2D eigenvalue weighted by molar-refractivity contribution is 5.80. The van der Waals surface area contributed by atoms with Gasteiger partial charge in [-0.1, -0.05) is 11.2 Å². The smallest absolute Gasteiger partial charge is 0.248 e. The van der Waals surface area contributed by atoms with Crippen molar-refractivity contribution in [2.24, 2.45) is 4.99 Å². The molecule has 0 radical (unpaired) electrons. The predicted molar refractivity (Wildman–Crippen MR) is 114 cm³/mol. The zero-order valence-corrected chi connectivity index (χ0v) is 17.9. The Morgan fingerprint density at radius 1 is 1.37 bits per heavy atom. The Balaban J connectivity index is 1.53. The second-order valence-corrected chi connectivity index (χ2v) is 7.22. The number of piperidine rings is 1. The minimum Gasteiger partial charge on any atom is -0.371 e. The molecular formula is C21H31FN6O2. The molecule has 2 heterocycles. The number of hydrogen-bond acceptors (Lipinski definition) is 6. The standard InChI is InChI=1S/C21H31FN6O2/c1-4-23-21(24-14-19-26-20(27-30-19)15(3)29-5-2)25-17-9-11-28(12-10-17)18-8-6-7-16(22)13-18/h6-8,13,15,17H,4-5,9-12,14H2,1-3H3,(H2,23,24,25). The molecule has 164 valence electrons. The van der Waals surface area contributed by atoms with Crippen molar-refractivity contribution in [3.05, 3.63) is 41.8 Å². The molecule has 1 aromatic carbocycles. The molecule has 2 N–H and O–H groups in total. The van der Waals surface area contributed by atoms with Crippen molar-refractivity contribution in [2.45, 2.75) is 52.3 Å². The highest BCUT2D eigenvalue weighted by atomic mass is 19.1. The zero-order valence-electron chi connectivity index (χ0n) is 17.9. The predicted octanol–water partition coefficient (Wildman–Crippen LogP) is 3.03. The average Bonchev–Trinajstić information content (AvgIpc) is 3.22. The van der Waals surface area contributed by atoms with Crippen molar-refractivity contribution < 1.29 is 13.7 Å². The number of anilines is 1. The van der Waals surface area contributed by atoms with Crippen LogP contribution in [0.2, 0.25) is 0 Å². The summed E-state index contributed by atoms with van der Waals surface area (Å²) in [5.41, 5.74) is 0.933. The van der Waals surface area contributed by atoms with Crippen LogP contribution in [0.3, 0.4) is 0 Å². The van der Waals surface area contributed by atoms with Crippen molar-refractivity contribution in [1.82, 2.24) is 20.8 Å². The van der Waals surface area contributed by atoms with Crippen molar-refractivity contribution in [3.8, 4) is 0 Å². The molecule has 8 nitrogen and oxygen atoms in total. The quantitative estimate of drug-likeness (QED) is 0.503. The summed E-state index contributed by atoms with van der Waals surface area (Å²) in [6, 6.07) is 7.06. The van der Waals surface area contributed by atoms with Gasteiger partial charge < -0.3 is 24.8 Å². The van der Waals surface area contributed by atoms with Gasteiger partial charge in [0.15, 0.2) is 11.8 Å². The second kappa shape index (κ2) is 10.9. The van der Waals surface area contributed by atoms with Gasteiger partial charge >= 0.3 is 0 Å². The first-order chi connectivity index (χ1) is 14.6. The molecule has 1 aliphatic rings. The summed E-state index contributed by atoms with van der Waals surface area (Å²) in [6.07, 6.45) is 1.68. The maximum atomic E-state index is 13.5. The summed E-state index contributed by atoms with van der Waals surface area (Å²) < 4.78 is 24.2. The molecule has 0 aliphatic carbocycles. The Hall–Kier alpha value is -2.68. The maximum absolute atomic E-state index is 13.5. The minimum atomic E-state index is -0.203. The number of aliphatic imine (C=N–C) groups is 1. The van der Waals surface area contributed by atoms with Crippen LogP contribution < -0.4 is 15.5 Å². The molecule has 3 rings (SSSR count). The van der Waals surface area contributed by atoms with Crippen LogP contribution in [0.1, 0.15) is 51.4 Å². The molecule has 0 spiro atoms. The van der Waals surface area contributed by atoms with Crippen LogP contribution in [0.5, 0.6) is 0 Å². The van der Waals surface area contributed by atoms with Gasteiger partial charge in [0.05, 0.1) is 0 Å². The third kappa shape index (κ3) is 6.16. The molecule has 1 aliphatic heterocycles. The van der Waals surface area contributed by atoms with E-state index in [1.807, 2.05) is 26.8 Å². The van der Waals surface area contributed by atoms with Crippen molar-refractivity contribution >= 4 is 11.6 Å². The lowest BCUT2D eigenvalue weighted by Gasteiger charge is -2.34. The van der Waals surface area contributed by atoms with Crippen LogP contribution >= 0.6 is 0 Å². The monoisotopic (exact) mass is 418 g/mol. The van der Waals surface area contributed by atoms with Gasteiger partial charge in [0.2, 0.25) is 5.89 Å². The molecule has 0 saturated carbocycles. The highest BCUT2D eigenvalue weighted by Gasteiger charge is 2.21. The molecule has 1 aromatic heterocycles. The Kier molecular flexibility index (Phi) is 8.01. The normalized spacial score (nSPS) is 16.5. The third-order valence-corrected chi connectivity index (χ3v) is 4.99. The van der Waals surface area contributed by atoms with Crippen molar-refractivity contribution in [3.63, 3.8) is 0 Å². The van der Waals surface area contributed by atoms with Gasteiger partial charge in [0, 0.05) is 38.0 Å². The largest absolute Gasteiger partial charge is 0.371 e. The van der Waals surface area contributed by atoms with E-state index < -0.39 is 0 Å². The first kappa shape index (κ1) is 22.0. The second-order valence-electron chi connectivity index (χ2n) is 7.22. The molecular weight excluding hydrogens is 387 g/mol. The number of aromatic nitrogens is 2. The summed E-state index contributed by atoms with van der Waals surface area (Å²) in [6.45, 7) is 9.22. The first-order valence-corrected chi connectivity index (χ1v) is 10.6. The number of hydrogen-bond donors (Lipinski definition) is 2. The SMILES string of the molecule is CCNC(=NCc1nc(C(C)OCC)no1)NC1CCN(c2cccc(F)c2)CC1. The van der Waals surface area contributed by atoms with E-state index >= 15 is 0 Å². The number of halogens is 1. The van der Waals surface area contributed by atoms with E-state index in [1.165, 1.54) is 6.07 Å². The average molecular weight is 419 g/mol. The number of guanidine groups is 1. The topological polar surface area (TPSA) is 87.8 Å². The molecule has 1 unspecified atom stereocenters. The zero-order chi connectivity index (χ0) is 21.3. The van der Waals surface area contributed by atoms with E-state index in [-0.39, 0.29) is 11.9 Å². The van der Waals surface area contributed by atoms with Gasteiger partial charge in [-0.15, -0.1) is 0 Å². The van der Waals surface area contributed by atoms with E-state index in [4.69, 9.17) is 9.26 Å². The number of nitrogens with one attached hydrogen (secondary N) is 2. The lowest BCUT2D eigenvalue weighted by molar-refractivity contribution is 0.0683. The molecule has 1 fully saturated rings. The molecule has 30 heavy (non-hydrogen) atoms. The lowest BCUT2D eigenvalue weighted by atomic mass is 10.0. The van der Waals surface area contributed by atoms with E-state index in [9.17, 15) is 4.39 Å². The first-order valence-electron chi connectivity index (χ1n) is 10.6. The molecule has 0 amide bonds. The van der Waals surface area contributed by atoms with Crippen molar-refractivity contribution in [1.29, 1.82) is 0 Å². The Morgan fingerprint density at radius 2 is 2.17 bits per heavy atom. The van der Waals surface area contributed by atoms with Gasteiger partial charge in [-0.25, -0.2) is 9.38 Å². The number of benzene rings is 1. The van der Waals surface area contributed by atoms with Gasteiger partial charge in [0.1, 0.15) is 18.5 Å². The maximum Gasteiger partial charge on any atom is 0.248 e. The van der Waals surface area contributed by atoms with E-state index in [0.29, 0.717) is 30.9 Å². The fraction of sp³-hybridized carbons (Fsp3) is 0.571. The van der Waals surface area contributed by atoms with Crippen LogP contribution in [0.4, 0.5) is 10.1 Å². The lowest BCUT2D eigenvalue weighted by Crippen LogP contribution is -2.48. The van der Waals surface area contributed by atoms with E-state index in [2.05, 4.69) is 30.7 Å². The minimum absolute atomic E-state index is 0.200. The molecule has 9 heteroatoms. The number of ether oxygens (including phenoxy) is 1. The van der Waals surface area contributed by atoms with Gasteiger partial charge in [0.25, 0.3) is 0 Å². The van der Waals surface area contributed by atoms with Gasteiger partial charge in [-0.05, 0) is 51.8 Å². The summed E-state index contributed by atoms with van der Waals surface area (Å²) in [5, 5.41) is 10.7. The van der Waals surface area contributed by atoms with Crippen LogP contribution in [-0.4, -0.2) is 48.4 Å². The Morgan fingerprint density at radius 3 is 2.87 bits per heavy atom. The van der Waals surface area contributed by atoms with Crippen LogP contribution in [-0.2, 0) is 11.3 Å². The van der Waals surface area contributed by atoms with Crippen LogP contribution in [0.15, 0.2) is 33.8 Å². The molecule has 1 saturated heterocycles. The molecule has 1 atom stereocenters. The van der Waals surface area contributed by atoms with Gasteiger partial charge in [-0.3, -0.25) is 0 Å². The van der Waals surface area contributed by atoms with Crippen LogP contribution in [0, 0.1) is 5.82 Å².